The number of aliphatic hydroxyl groups excluding tert-OH is 1. The Morgan fingerprint density at radius 2 is 1.81 bits per heavy atom. The van der Waals surface area contributed by atoms with Gasteiger partial charge in [-0.25, -0.2) is 0 Å². The van der Waals surface area contributed by atoms with E-state index in [1.807, 2.05) is 31.2 Å². The van der Waals surface area contributed by atoms with E-state index in [-0.39, 0.29) is 18.4 Å². The number of amides is 2. The van der Waals surface area contributed by atoms with E-state index >= 15 is 0 Å². The molecule has 1 N–H and O–H groups in total. The van der Waals surface area contributed by atoms with E-state index in [9.17, 15) is 14.7 Å². The van der Waals surface area contributed by atoms with Crippen molar-refractivity contribution in [1.82, 2.24) is 4.90 Å². The van der Waals surface area contributed by atoms with E-state index in [1.54, 1.807) is 24.3 Å². The first-order chi connectivity index (χ1) is 10.1. The van der Waals surface area contributed by atoms with E-state index in [2.05, 4.69) is 0 Å². The number of imide groups is 1. The van der Waals surface area contributed by atoms with Crippen molar-refractivity contribution in [2.75, 3.05) is 6.61 Å². The molecule has 0 aromatic heterocycles. The summed E-state index contributed by atoms with van der Waals surface area (Å²) in [6, 6.07) is 6.23. The minimum atomic E-state index is -0.564. The first-order valence-corrected chi connectivity index (χ1v) is 7.00. The standard InChI is InChI=1S/C17H17NO3/c1-17(9-5-2-6-10-17)14(11-19)18-15(20)12-7-3-4-8-13(12)16(18)21/h2-9,14,19H,10-11H2,1H3/t14-,17?/m0/s1. The van der Waals surface area contributed by atoms with Crippen molar-refractivity contribution < 1.29 is 14.7 Å². The molecule has 3 rings (SSSR count). The summed E-state index contributed by atoms with van der Waals surface area (Å²) in [6.07, 6.45) is 8.45. The molecule has 1 aromatic carbocycles. The number of carbonyl (C=O) groups is 2. The summed E-state index contributed by atoms with van der Waals surface area (Å²) in [5, 5.41) is 9.81. The van der Waals surface area contributed by atoms with Gasteiger partial charge in [-0.1, -0.05) is 43.4 Å². The van der Waals surface area contributed by atoms with Crippen LogP contribution in [0.4, 0.5) is 0 Å². The molecule has 108 valence electrons. The SMILES string of the molecule is CC1([C@H](CO)N2C(=O)c3ccccc3C2=O)C=CC=CC1. The lowest BCUT2D eigenvalue weighted by Gasteiger charge is -2.39. The maximum absolute atomic E-state index is 12.5. The van der Waals surface area contributed by atoms with Gasteiger partial charge >= 0.3 is 0 Å². The van der Waals surface area contributed by atoms with Crippen molar-refractivity contribution in [3.8, 4) is 0 Å². The fraction of sp³-hybridized carbons (Fsp3) is 0.294. The number of benzene rings is 1. The quantitative estimate of drug-likeness (QED) is 0.865. The summed E-state index contributed by atoms with van der Waals surface area (Å²) in [6.45, 7) is 1.71. The zero-order valence-corrected chi connectivity index (χ0v) is 11.8. The Bertz CT molecular complexity index is 627. The van der Waals surface area contributed by atoms with Gasteiger partial charge in [-0.2, -0.15) is 0 Å². The first kappa shape index (κ1) is 13.8. The molecule has 0 saturated heterocycles. The van der Waals surface area contributed by atoms with Gasteiger partial charge in [-0.3, -0.25) is 14.5 Å². The van der Waals surface area contributed by atoms with Crippen LogP contribution in [0.1, 0.15) is 34.1 Å². The molecule has 0 fully saturated rings. The van der Waals surface area contributed by atoms with Crippen LogP contribution in [0.2, 0.25) is 0 Å². The van der Waals surface area contributed by atoms with Crippen molar-refractivity contribution in [2.24, 2.45) is 5.41 Å². The third-order valence-corrected chi connectivity index (χ3v) is 4.35. The lowest BCUT2D eigenvalue weighted by molar-refractivity contribution is 0.0346. The Morgan fingerprint density at radius 3 is 2.29 bits per heavy atom. The fourth-order valence-electron chi connectivity index (χ4n) is 3.07. The number of nitrogens with zero attached hydrogens (tertiary/aromatic N) is 1. The Morgan fingerprint density at radius 1 is 1.19 bits per heavy atom. The lowest BCUT2D eigenvalue weighted by atomic mass is 9.76. The van der Waals surface area contributed by atoms with Crippen LogP contribution in [0.15, 0.2) is 48.6 Å². The highest BCUT2D eigenvalue weighted by atomic mass is 16.3. The third-order valence-electron chi connectivity index (χ3n) is 4.35. The van der Waals surface area contributed by atoms with Gasteiger partial charge in [0.2, 0.25) is 0 Å². The Labute approximate surface area is 123 Å². The number of carbonyl (C=O) groups excluding carboxylic acids is 2. The van der Waals surface area contributed by atoms with E-state index < -0.39 is 11.5 Å². The minimum Gasteiger partial charge on any atom is -0.394 e. The minimum absolute atomic E-state index is 0.250. The molecule has 2 atom stereocenters. The predicted octanol–water partition coefficient (Wildman–Crippen LogP) is 2.17. The van der Waals surface area contributed by atoms with Crippen LogP contribution in [-0.4, -0.2) is 34.5 Å². The van der Waals surface area contributed by atoms with Crippen LogP contribution in [0.3, 0.4) is 0 Å². The number of rotatable bonds is 3. The van der Waals surface area contributed by atoms with Crippen LogP contribution in [0.25, 0.3) is 0 Å². The molecule has 2 aliphatic rings. The normalized spacial score (nSPS) is 25.3. The molecule has 21 heavy (non-hydrogen) atoms. The summed E-state index contributed by atoms with van der Waals surface area (Å²) < 4.78 is 0. The van der Waals surface area contributed by atoms with Gasteiger partial charge in [0, 0.05) is 5.41 Å². The molecule has 4 heteroatoms. The van der Waals surface area contributed by atoms with Crippen molar-refractivity contribution >= 4 is 11.8 Å². The average molecular weight is 283 g/mol. The zero-order valence-electron chi connectivity index (χ0n) is 11.8. The highest BCUT2D eigenvalue weighted by molar-refractivity contribution is 6.21. The van der Waals surface area contributed by atoms with Crippen LogP contribution in [0, 0.1) is 5.41 Å². The van der Waals surface area contributed by atoms with Crippen molar-refractivity contribution in [2.45, 2.75) is 19.4 Å². The summed E-state index contributed by atoms with van der Waals surface area (Å²) in [5.74, 6) is -0.641. The van der Waals surface area contributed by atoms with Crippen molar-refractivity contribution in [1.29, 1.82) is 0 Å². The molecule has 2 amide bonds. The topological polar surface area (TPSA) is 57.6 Å². The number of aliphatic hydroxyl groups is 1. The third kappa shape index (κ3) is 2.03. The van der Waals surface area contributed by atoms with Gasteiger partial charge in [0.25, 0.3) is 11.8 Å². The number of hydrogen-bond acceptors (Lipinski definition) is 3. The summed E-state index contributed by atoms with van der Waals surface area (Å²) in [5.41, 5.74) is 0.386. The van der Waals surface area contributed by atoms with E-state index in [0.717, 1.165) is 0 Å². The molecule has 0 bridgehead atoms. The molecule has 1 heterocycles. The molecule has 1 aliphatic carbocycles. The van der Waals surface area contributed by atoms with Gasteiger partial charge in [0.15, 0.2) is 0 Å². The highest BCUT2D eigenvalue weighted by Crippen LogP contribution is 2.37. The Kier molecular flexibility index (Phi) is 3.26. The Hall–Kier alpha value is -2.20. The van der Waals surface area contributed by atoms with Gasteiger partial charge < -0.3 is 5.11 Å². The predicted molar refractivity (Wildman–Crippen MR) is 78.8 cm³/mol. The molecule has 0 spiro atoms. The highest BCUT2D eigenvalue weighted by Gasteiger charge is 2.45. The number of hydrogen-bond donors (Lipinski definition) is 1. The monoisotopic (exact) mass is 283 g/mol. The fourth-order valence-corrected chi connectivity index (χ4v) is 3.07. The number of fused-ring (bicyclic) bond motifs is 1. The van der Waals surface area contributed by atoms with Crippen LogP contribution in [-0.2, 0) is 0 Å². The first-order valence-electron chi connectivity index (χ1n) is 7.00. The molecule has 0 saturated carbocycles. The second kappa shape index (κ2) is 4.97. The average Bonchev–Trinajstić information content (AvgIpc) is 2.74. The number of allylic oxidation sites excluding steroid dienone is 3. The lowest BCUT2D eigenvalue weighted by Crippen LogP contribution is -2.51. The molecule has 1 aromatic rings. The van der Waals surface area contributed by atoms with Gasteiger partial charge in [-0.15, -0.1) is 0 Å². The van der Waals surface area contributed by atoms with Crippen molar-refractivity contribution in [3.05, 3.63) is 59.7 Å². The van der Waals surface area contributed by atoms with E-state index in [1.165, 1.54) is 4.90 Å². The molecule has 1 aliphatic heterocycles. The van der Waals surface area contributed by atoms with Crippen LogP contribution >= 0.6 is 0 Å². The second-order valence-electron chi connectivity index (χ2n) is 5.72. The Balaban J connectivity index is 2.00. The summed E-state index contributed by atoms with van der Waals surface area (Å²) in [4.78, 5) is 26.3. The van der Waals surface area contributed by atoms with E-state index in [4.69, 9.17) is 0 Å². The largest absolute Gasteiger partial charge is 0.394 e. The van der Waals surface area contributed by atoms with Gasteiger partial charge in [0.1, 0.15) is 0 Å². The summed E-state index contributed by atoms with van der Waals surface area (Å²) >= 11 is 0. The van der Waals surface area contributed by atoms with E-state index in [0.29, 0.717) is 17.5 Å². The zero-order chi connectivity index (χ0) is 15.0. The molecule has 4 nitrogen and oxygen atoms in total. The van der Waals surface area contributed by atoms with Gasteiger partial charge in [-0.05, 0) is 18.6 Å². The van der Waals surface area contributed by atoms with Gasteiger partial charge in [0.05, 0.1) is 23.8 Å². The molecule has 1 unspecified atom stereocenters. The maximum Gasteiger partial charge on any atom is 0.261 e. The molecular weight excluding hydrogens is 266 g/mol. The van der Waals surface area contributed by atoms with Crippen LogP contribution < -0.4 is 0 Å². The summed E-state index contributed by atoms with van der Waals surface area (Å²) in [7, 11) is 0. The smallest absolute Gasteiger partial charge is 0.261 e. The maximum atomic E-state index is 12.5. The molecular formula is C17H17NO3. The van der Waals surface area contributed by atoms with Crippen LogP contribution in [0.5, 0.6) is 0 Å². The second-order valence-corrected chi connectivity index (χ2v) is 5.72. The van der Waals surface area contributed by atoms with Crippen molar-refractivity contribution in [3.63, 3.8) is 0 Å². The molecule has 0 radical (unpaired) electrons.